The molecule has 2 aromatic rings. The molecular formula is C46H72N6O10. The molecule has 62 heavy (non-hydrogen) atoms. The van der Waals surface area contributed by atoms with Gasteiger partial charge < -0.3 is 28.4 Å². The van der Waals surface area contributed by atoms with E-state index in [0.717, 1.165) is 75.8 Å². The van der Waals surface area contributed by atoms with Gasteiger partial charge in [-0.1, -0.05) is 63.8 Å². The van der Waals surface area contributed by atoms with Crippen molar-refractivity contribution in [2.75, 3.05) is 13.2 Å². The quantitative estimate of drug-likeness (QED) is 0.114. The number of aryl methyl sites for hydroxylation is 2. The molecule has 16 heteroatoms. The van der Waals surface area contributed by atoms with E-state index in [-0.39, 0.29) is 36.3 Å². The number of fused-ring (bicyclic) bond motifs is 4. The minimum atomic E-state index is -0.783. The van der Waals surface area contributed by atoms with E-state index in [2.05, 4.69) is 60.7 Å². The van der Waals surface area contributed by atoms with Crippen LogP contribution in [0, 0.1) is 47.3 Å². The van der Waals surface area contributed by atoms with Gasteiger partial charge in [0.2, 0.25) is 11.6 Å². The first-order valence-electron chi connectivity index (χ1n) is 24.4. The van der Waals surface area contributed by atoms with Crippen molar-refractivity contribution in [1.82, 2.24) is 30.0 Å². The largest absolute Gasteiger partial charge is 0.352 e. The molecule has 2 aromatic heterocycles. The van der Waals surface area contributed by atoms with Crippen LogP contribution in [-0.4, -0.2) is 91.1 Å². The summed E-state index contributed by atoms with van der Waals surface area (Å²) in [4.78, 5) is 24.4. The Labute approximate surface area is 366 Å². The van der Waals surface area contributed by atoms with Crippen molar-refractivity contribution in [3.05, 3.63) is 23.8 Å². The zero-order chi connectivity index (χ0) is 42.7. The Balaban J connectivity index is 0.595. The molecule has 0 amide bonds. The Morgan fingerprint density at radius 2 is 1.00 bits per heavy atom. The normalized spacial score (nSPS) is 44.4. The van der Waals surface area contributed by atoms with Crippen molar-refractivity contribution >= 4 is 0 Å². The standard InChI is InChI=1S/C46H72N6O10/c1-29-13-15-37-31(3)39(55-41-45(37)35(29)17-21-43(5,57-41)59-61-45)53-25-19-33-27-51(49-47-33)23-11-9-7-8-10-12-24-52-28-34(48-50-52)20-26-54-40-32(4)38-16-14-30(2)36-18-22-44(6)58-42(56-40)46(36,38)62-60-44/h27-32,35-42H,7-26H2,1-6H3/t29-,30-,31-,32-,35+,36+,37+,38+,39-,40-,41-,42-,43+,44+,45-,46-/m1/s1. The molecule has 16 atom stereocenters. The van der Waals surface area contributed by atoms with Crippen LogP contribution in [0.15, 0.2) is 12.4 Å². The van der Waals surface area contributed by atoms with E-state index in [1.165, 1.54) is 38.5 Å². The molecule has 16 nitrogen and oxygen atoms in total. The molecule has 0 N–H and O–H groups in total. The molecule has 4 bridgehead atoms. The van der Waals surface area contributed by atoms with E-state index >= 15 is 0 Å². The second-order valence-corrected chi connectivity index (χ2v) is 20.9. The lowest BCUT2D eigenvalue weighted by molar-refractivity contribution is -0.577. The van der Waals surface area contributed by atoms with E-state index in [1.54, 1.807) is 0 Å². The number of rotatable bonds is 17. The highest BCUT2D eigenvalue weighted by molar-refractivity contribution is 5.11. The minimum Gasteiger partial charge on any atom is -0.352 e. The van der Waals surface area contributed by atoms with Crippen LogP contribution in [0.2, 0.25) is 0 Å². The first kappa shape index (κ1) is 43.8. The first-order chi connectivity index (χ1) is 30.0. The fourth-order valence-corrected chi connectivity index (χ4v) is 13.1. The van der Waals surface area contributed by atoms with Crippen molar-refractivity contribution in [1.29, 1.82) is 0 Å². The maximum Gasteiger partial charge on any atom is 0.201 e. The fourth-order valence-electron chi connectivity index (χ4n) is 13.1. The SMILES string of the molecule is C[C@H]1[C@H](OCCc2cn(CCCCCCCCn3cc(CCO[C@@H]4O[C@@H]5O[C@]6(C)CC[C@H]7[C@H](C)CC[C@@H]([C@H]4C)[C@@]57OO6)nn3)nn2)O[C@@H]2O[C@]3(C)CC[C@H]4[C@H](C)CC[C@@H]1[C@@]24OO3. The van der Waals surface area contributed by atoms with Crippen LogP contribution in [0.1, 0.15) is 143 Å². The lowest BCUT2D eigenvalue weighted by Gasteiger charge is -2.60. The Hall–Kier alpha value is -2.12. The number of hydrogen-bond donors (Lipinski definition) is 0. The molecule has 8 aliphatic heterocycles. The zero-order valence-corrected chi connectivity index (χ0v) is 38.0. The van der Waals surface area contributed by atoms with E-state index in [4.69, 9.17) is 48.0 Å². The van der Waals surface area contributed by atoms with Gasteiger partial charge in [-0.05, 0) is 88.9 Å². The average Bonchev–Trinajstić information content (AvgIpc) is 3.76. The van der Waals surface area contributed by atoms with Crippen molar-refractivity contribution < 1.29 is 48.0 Å². The van der Waals surface area contributed by atoms with Crippen molar-refractivity contribution in [3.8, 4) is 0 Å². The molecule has 0 aromatic carbocycles. The molecule has 8 saturated heterocycles. The van der Waals surface area contributed by atoms with E-state index < -0.39 is 35.4 Å². The average molecular weight is 869 g/mol. The van der Waals surface area contributed by atoms with E-state index in [0.29, 0.717) is 49.7 Å². The van der Waals surface area contributed by atoms with Crippen LogP contribution in [0.4, 0.5) is 0 Å². The minimum absolute atomic E-state index is 0.159. The van der Waals surface area contributed by atoms with Gasteiger partial charge in [-0.25, -0.2) is 19.6 Å². The summed E-state index contributed by atoms with van der Waals surface area (Å²) in [6.07, 6.45) is 18.8. The Morgan fingerprint density at radius 3 is 1.45 bits per heavy atom. The summed E-state index contributed by atoms with van der Waals surface area (Å²) in [6.45, 7) is 15.8. The Bertz CT molecular complexity index is 1710. The molecule has 2 aliphatic carbocycles. The maximum atomic E-state index is 6.58. The number of hydrogen-bond acceptors (Lipinski definition) is 14. The molecule has 0 unspecified atom stereocenters. The predicted octanol–water partition coefficient (Wildman–Crippen LogP) is 7.44. The molecule has 2 saturated carbocycles. The van der Waals surface area contributed by atoms with Crippen LogP contribution in [0.25, 0.3) is 0 Å². The van der Waals surface area contributed by atoms with Gasteiger partial charge in [-0.2, -0.15) is 0 Å². The van der Waals surface area contributed by atoms with Gasteiger partial charge in [-0.15, -0.1) is 10.2 Å². The van der Waals surface area contributed by atoms with E-state index in [1.807, 2.05) is 23.2 Å². The Kier molecular flexibility index (Phi) is 12.4. The van der Waals surface area contributed by atoms with Crippen LogP contribution in [-0.2, 0) is 73.9 Å². The predicted molar refractivity (Wildman–Crippen MR) is 221 cm³/mol. The van der Waals surface area contributed by atoms with Crippen LogP contribution in [0.5, 0.6) is 0 Å². The van der Waals surface area contributed by atoms with Crippen molar-refractivity contribution in [2.45, 2.75) is 205 Å². The van der Waals surface area contributed by atoms with Gasteiger partial charge in [0.15, 0.2) is 36.4 Å². The van der Waals surface area contributed by atoms with Gasteiger partial charge in [0.25, 0.3) is 0 Å². The smallest absolute Gasteiger partial charge is 0.201 e. The summed E-state index contributed by atoms with van der Waals surface area (Å²) >= 11 is 0. The van der Waals surface area contributed by atoms with Crippen molar-refractivity contribution in [2.24, 2.45) is 47.3 Å². The highest BCUT2D eigenvalue weighted by Crippen LogP contribution is 2.62. The molecular weight excluding hydrogens is 797 g/mol. The van der Waals surface area contributed by atoms with Gasteiger partial charge in [0, 0.05) is 74.8 Å². The molecule has 0 radical (unpaired) electrons. The van der Waals surface area contributed by atoms with Crippen LogP contribution in [0.3, 0.4) is 0 Å². The van der Waals surface area contributed by atoms with Crippen molar-refractivity contribution in [3.63, 3.8) is 0 Å². The number of ether oxygens (including phenoxy) is 6. The van der Waals surface area contributed by atoms with Crippen LogP contribution >= 0.6 is 0 Å². The van der Waals surface area contributed by atoms with Gasteiger partial charge in [-0.3, -0.25) is 9.36 Å². The van der Waals surface area contributed by atoms with Gasteiger partial charge in [0.05, 0.1) is 24.6 Å². The topological polar surface area (TPSA) is 154 Å². The van der Waals surface area contributed by atoms with Crippen LogP contribution < -0.4 is 0 Å². The molecule has 2 spiro atoms. The number of nitrogens with zero attached hydrogens (tertiary/aromatic N) is 6. The molecule has 10 aliphatic rings. The third kappa shape index (κ3) is 8.01. The summed E-state index contributed by atoms with van der Waals surface area (Å²) in [6, 6.07) is 0. The highest BCUT2D eigenvalue weighted by atomic mass is 17.3. The number of unbranched alkanes of at least 4 members (excludes halogenated alkanes) is 5. The third-order valence-corrected chi connectivity index (χ3v) is 16.7. The number of aromatic nitrogens is 6. The Morgan fingerprint density at radius 1 is 0.565 bits per heavy atom. The summed E-state index contributed by atoms with van der Waals surface area (Å²) in [5, 5.41) is 17.7. The third-order valence-electron chi connectivity index (χ3n) is 16.7. The fraction of sp³-hybridized carbons (Fsp3) is 0.913. The molecule has 12 rings (SSSR count). The zero-order valence-electron chi connectivity index (χ0n) is 38.0. The second kappa shape index (κ2) is 17.6. The highest BCUT2D eigenvalue weighted by Gasteiger charge is 2.71. The summed E-state index contributed by atoms with van der Waals surface area (Å²) in [5.41, 5.74) is 0.742. The summed E-state index contributed by atoms with van der Waals surface area (Å²) in [7, 11) is 0. The monoisotopic (exact) mass is 869 g/mol. The maximum absolute atomic E-state index is 6.58. The van der Waals surface area contributed by atoms with Gasteiger partial charge >= 0.3 is 0 Å². The van der Waals surface area contributed by atoms with E-state index in [9.17, 15) is 0 Å². The lowest BCUT2D eigenvalue weighted by Crippen LogP contribution is -2.70. The molecule has 346 valence electrons. The lowest BCUT2D eigenvalue weighted by atomic mass is 9.58. The molecule has 10 heterocycles. The second-order valence-electron chi connectivity index (χ2n) is 20.9. The van der Waals surface area contributed by atoms with Gasteiger partial charge in [0.1, 0.15) is 0 Å². The summed E-state index contributed by atoms with van der Waals surface area (Å²) in [5.74, 6) is 1.04. The molecule has 10 fully saturated rings. The summed E-state index contributed by atoms with van der Waals surface area (Å²) < 4.78 is 42.8. The first-order valence-corrected chi connectivity index (χ1v) is 24.4.